The summed E-state index contributed by atoms with van der Waals surface area (Å²) < 4.78 is 40.3. The lowest BCUT2D eigenvalue weighted by atomic mass is 9.98. The molecule has 0 spiro atoms. The number of H-pyrrole nitrogens is 1. The number of benzene rings is 2. The molecule has 1 aromatic heterocycles. The molecule has 2 aromatic carbocycles. The number of phenolic OH excluding ortho intramolecular Hbond substituents is 1. The molecule has 2 N–H and O–H groups in total. The van der Waals surface area contributed by atoms with Crippen molar-refractivity contribution in [3.8, 4) is 16.9 Å². The highest BCUT2D eigenvalue weighted by atomic mass is 35.5. The van der Waals surface area contributed by atoms with E-state index in [2.05, 4.69) is 4.98 Å². The van der Waals surface area contributed by atoms with Crippen LogP contribution in [-0.4, -0.2) is 46.7 Å². The summed E-state index contributed by atoms with van der Waals surface area (Å²) in [7, 11) is 1.91. The lowest BCUT2D eigenvalue weighted by Crippen LogP contribution is -2.23. The van der Waals surface area contributed by atoms with E-state index in [0.717, 1.165) is 36.9 Å². The molecular weight excluding hydrogens is 501 g/mol. The quantitative estimate of drug-likeness (QED) is 0.306. The molecule has 3 rings (SSSR count). The number of hydrogen-bond acceptors (Lipinski definition) is 5. The zero-order valence-electron chi connectivity index (χ0n) is 18.6. The number of nitrogens with zero attached hydrogens (tertiary/aromatic N) is 1. The van der Waals surface area contributed by atoms with Gasteiger partial charge in [0.05, 0.1) is 16.2 Å². The molecule has 0 aliphatic heterocycles. The molecule has 0 saturated heterocycles. The van der Waals surface area contributed by atoms with Gasteiger partial charge in [0.15, 0.2) is 0 Å². The lowest BCUT2D eigenvalue weighted by Gasteiger charge is -2.16. The van der Waals surface area contributed by atoms with Gasteiger partial charge in [-0.1, -0.05) is 26.0 Å². The summed E-state index contributed by atoms with van der Waals surface area (Å²) in [6.07, 6.45) is -3.37. The van der Waals surface area contributed by atoms with E-state index in [1.54, 1.807) is 0 Å². The lowest BCUT2D eigenvalue weighted by molar-refractivity contribution is -0.137. The second-order valence-electron chi connectivity index (χ2n) is 7.96. The summed E-state index contributed by atoms with van der Waals surface area (Å²) in [6.45, 7) is 3.46. The largest absolute Gasteiger partial charge is 0.507 e. The SMILES string of the molecule is C.CCCN(C)CCC(=O)CSc1c(-c2cc(Cl)ccc2O)c2cc(C(F)(F)F)ccc2[nH]c1=O. The number of rotatable bonds is 9. The molecule has 3 aromatic rings. The Hall–Kier alpha value is -2.49. The zero-order valence-corrected chi connectivity index (χ0v) is 20.2. The van der Waals surface area contributed by atoms with E-state index in [4.69, 9.17) is 11.6 Å². The first-order valence-electron chi connectivity index (χ1n) is 10.6. The van der Waals surface area contributed by atoms with Crippen LogP contribution in [0.1, 0.15) is 32.8 Å². The molecule has 5 nitrogen and oxygen atoms in total. The average molecular weight is 529 g/mol. The Bertz CT molecular complexity index is 1260. The van der Waals surface area contributed by atoms with Crippen molar-refractivity contribution in [3.05, 3.63) is 57.3 Å². The van der Waals surface area contributed by atoms with Crippen molar-refractivity contribution in [2.45, 2.75) is 38.3 Å². The number of fused-ring (bicyclic) bond motifs is 1. The second kappa shape index (κ2) is 12.0. The third-order valence-corrected chi connectivity index (χ3v) is 6.66. The highest BCUT2D eigenvalue weighted by Crippen LogP contribution is 2.42. The van der Waals surface area contributed by atoms with Crippen LogP contribution in [0.25, 0.3) is 22.0 Å². The van der Waals surface area contributed by atoms with E-state index >= 15 is 0 Å². The molecule has 0 saturated carbocycles. The molecule has 0 fully saturated rings. The van der Waals surface area contributed by atoms with Crippen LogP contribution >= 0.6 is 23.4 Å². The number of aromatic nitrogens is 1. The molecule has 0 radical (unpaired) electrons. The van der Waals surface area contributed by atoms with E-state index in [1.165, 1.54) is 24.3 Å². The maximum atomic E-state index is 13.4. The van der Waals surface area contributed by atoms with Crippen LogP contribution in [0.3, 0.4) is 0 Å². The van der Waals surface area contributed by atoms with Crippen LogP contribution in [0.5, 0.6) is 5.75 Å². The minimum absolute atomic E-state index is 0. The molecule has 0 unspecified atom stereocenters. The first kappa shape index (κ1) is 28.7. The van der Waals surface area contributed by atoms with Crippen LogP contribution < -0.4 is 5.56 Å². The number of ketones is 1. The summed E-state index contributed by atoms with van der Waals surface area (Å²) in [5, 5.41) is 10.8. The molecule has 35 heavy (non-hydrogen) atoms. The Balaban J connectivity index is 0.00000432. The summed E-state index contributed by atoms with van der Waals surface area (Å²) >= 11 is 7.03. The number of aromatic amines is 1. The van der Waals surface area contributed by atoms with Crippen LogP contribution in [-0.2, 0) is 11.0 Å². The third kappa shape index (κ3) is 7.02. The van der Waals surface area contributed by atoms with E-state index in [1.807, 2.05) is 18.9 Å². The molecule has 0 atom stereocenters. The van der Waals surface area contributed by atoms with Crippen molar-refractivity contribution < 1.29 is 23.1 Å². The molecule has 190 valence electrons. The molecule has 1 heterocycles. The van der Waals surface area contributed by atoms with Crippen molar-refractivity contribution >= 4 is 40.0 Å². The number of halogens is 4. The standard InChI is InChI=1S/C24H24ClF3N2O3S.CH4/c1-3-9-30(2)10-8-16(31)13-34-22-21(18-12-15(25)5-7-20(18)32)17-11-14(24(26,27)28)4-6-19(17)29-23(22)33;/h4-7,11-12,32H,3,8-10,13H2,1-2H3,(H,29,33);1H4. The second-order valence-corrected chi connectivity index (χ2v) is 9.38. The number of aromatic hydroxyl groups is 1. The minimum Gasteiger partial charge on any atom is -0.507 e. The van der Waals surface area contributed by atoms with Gasteiger partial charge in [0.1, 0.15) is 11.5 Å². The van der Waals surface area contributed by atoms with Crippen molar-refractivity contribution in [2.24, 2.45) is 0 Å². The predicted octanol–water partition coefficient (Wildman–Crippen LogP) is 6.60. The number of Topliss-reactive ketones (excluding diaryl/α,β-unsaturated/α-hetero) is 1. The van der Waals surface area contributed by atoms with E-state index in [-0.39, 0.29) is 63.1 Å². The summed E-state index contributed by atoms with van der Waals surface area (Å²) in [5.41, 5.74) is -1.08. The predicted molar refractivity (Wildman–Crippen MR) is 137 cm³/mol. The van der Waals surface area contributed by atoms with Crippen LogP contribution in [0.4, 0.5) is 13.2 Å². The Kier molecular flexibility index (Phi) is 9.83. The smallest absolute Gasteiger partial charge is 0.416 e. The van der Waals surface area contributed by atoms with E-state index < -0.39 is 17.3 Å². The van der Waals surface area contributed by atoms with Crippen LogP contribution in [0, 0.1) is 0 Å². The summed E-state index contributed by atoms with van der Waals surface area (Å²) in [5.74, 6) is -0.386. The first-order valence-corrected chi connectivity index (χ1v) is 12.0. The van der Waals surface area contributed by atoms with E-state index in [9.17, 15) is 27.9 Å². The Morgan fingerprint density at radius 1 is 1.17 bits per heavy atom. The Morgan fingerprint density at radius 3 is 2.54 bits per heavy atom. The van der Waals surface area contributed by atoms with Crippen molar-refractivity contribution in [3.63, 3.8) is 0 Å². The minimum atomic E-state index is -4.61. The van der Waals surface area contributed by atoms with Crippen molar-refractivity contribution in [2.75, 3.05) is 25.9 Å². The van der Waals surface area contributed by atoms with Gasteiger partial charge in [0.25, 0.3) is 5.56 Å². The topological polar surface area (TPSA) is 73.4 Å². The van der Waals surface area contributed by atoms with Gasteiger partial charge in [0.2, 0.25) is 0 Å². The molecule has 0 aliphatic carbocycles. The molecule has 0 amide bonds. The zero-order chi connectivity index (χ0) is 25.0. The fourth-order valence-corrected chi connectivity index (χ4v) is 4.77. The Morgan fingerprint density at radius 2 is 1.89 bits per heavy atom. The maximum absolute atomic E-state index is 13.4. The maximum Gasteiger partial charge on any atom is 0.416 e. The number of phenols is 1. The van der Waals surface area contributed by atoms with Gasteiger partial charge < -0.3 is 15.0 Å². The highest BCUT2D eigenvalue weighted by Gasteiger charge is 2.31. The average Bonchev–Trinajstić information content (AvgIpc) is 2.77. The van der Waals surface area contributed by atoms with Gasteiger partial charge in [0, 0.05) is 40.0 Å². The molecule has 10 heteroatoms. The first-order chi connectivity index (χ1) is 16.0. The van der Waals surface area contributed by atoms with Gasteiger partial charge in [-0.2, -0.15) is 13.2 Å². The number of hydrogen-bond donors (Lipinski definition) is 2. The van der Waals surface area contributed by atoms with Gasteiger partial charge in [-0.05, 0) is 56.4 Å². The third-order valence-electron chi connectivity index (χ3n) is 5.28. The number of thioether (sulfide) groups is 1. The molecule has 0 aliphatic rings. The van der Waals surface area contributed by atoms with Gasteiger partial charge in [-0.15, -0.1) is 11.8 Å². The fraction of sp³-hybridized carbons (Fsp3) is 0.360. The van der Waals surface area contributed by atoms with Crippen LogP contribution in [0.2, 0.25) is 5.02 Å². The number of alkyl halides is 3. The summed E-state index contributed by atoms with van der Waals surface area (Å²) in [6, 6.07) is 7.10. The number of carbonyl (C=O) groups is 1. The highest BCUT2D eigenvalue weighted by molar-refractivity contribution is 8.00. The van der Waals surface area contributed by atoms with Gasteiger partial charge >= 0.3 is 6.18 Å². The van der Waals surface area contributed by atoms with E-state index in [0.29, 0.717) is 6.54 Å². The van der Waals surface area contributed by atoms with Gasteiger partial charge in [-0.3, -0.25) is 9.59 Å². The van der Waals surface area contributed by atoms with Crippen molar-refractivity contribution in [1.82, 2.24) is 9.88 Å². The van der Waals surface area contributed by atoms with Crippen LogP contribution in [0.15, 0.2) is 46.1 Å². The fourth-order valence-electron chi connectivity index (χ4n) is 3.60. The molecule has 0 bridgehead atoms. The van der Waals surface area contributed by atoms with Crippen molar-refractivity contribution in [1.29, 1.82) is 0 Å². The monoisotopic (exact) mass is 528 g/mol. The Labute approximate surface area is 211 Å². The number of carbonyl (C=O) groups excluding carboxylic acids is 1. The molecular formula is C25H28ClF3N2O3S. The number of pyridine rings is 1. The normalized spacial score (nSPS) is 11.6. The number of nitrogens with one attached hydrogen (secondary N) is 1. The van der Waals surface area contributed by atoms with Gasteiger partial charge in [-0.25, -0.2) is 0 Å². The summed E-state index contributed by atoms with van der Waals surface area (Å²) in [4.78, 5) is 30.1.